The number of aromatic nitrogens is 2. The summed E-state index contributed by atoms with van der Waals surface area (Å²) in [5.41, 5.74) is 1.30. The SMILES string of the molecule is COc1cc(=O)n(-c2ccccc2)nc1C(=O)N1CCN(c2ccccc2Cl)CC1. The monoisotopic (exact) mass is 424 g/mol. The highest BCUT2D eigenvalue weighted by Crippen LogP contribution is 2.26. The Morgan fingerprint density at radius 2 is 1.67 bits per heavy atom. The van der Waals surface area contributed by atoms with Gasteiger partial charge in [-0.15, -0.1) is 0 Å². The Labute approximate surface area is 179 Å². The van der Waals surface area contributed by atoms with Gasteiger partial charge in [-0.05, 0) is 24.3 Å². The van der Waals surface area contributed by atoms with Gasteiger partial charge in [-0.2, -0.15) is 9.78 Å². The van der Waals surface area contributed by atoms with Gasteiger partial charge in [0.15, 0.2) is 11.4 Å². The molecule has 2 aromatic carbocycles. The predicted octanol–water partition coefficient (Wildman–Crippen LogP) is 2.86. The Balaban J connectivity index is 1.58. The number of piperazine rings is 1. The number of amides is 1. The van der Waals surface area contributed by atoms with Gasteiger partial charge in [-0.25, -0.2) is 0 Å². The second-order valence-electron chi connectivity index (χ2n) is 6.88. The summed E-state index contributed by atoms with van der Waals surface area (Å²) in [5, 5.41) is 5.02. The van der Waals surface area contributed by atoms with Crippen molar-refractivity contribution in [3.63, 3.8) is 0 Å². The number of halogens is 1. The van der Waals surface area contributed by atoms with Gasteiger partial charge in [0, 0.05) is 26.2 Å². The largest absolute Gasteiger partial charge is 0.494 e. The molecule has 3 aromatic rings. The summed E-state index contributed by atoms with van der Waals surface area (Å²) in [4.78, 5) is 29.5. The van der Waals surface area contributed by atoms with Crippen LogP contribution in [0.4, 0.5) is 5.69 Å². The first-order valence-electron chi connectivity index (χ1n) is 9.61. The van der Waals surface area contributed by atoms with Crippen molar-refractivity contribution in [3.05, 3.63) is 81.7 Å². The van der Waals surface area contributed by atoms with Gasteiger partial charge < -0.3 is 14.5 Å². The van der Waals surface area contributed by atoms with E-state index in [9.17, 15) is 9.59 Å². The molecule has 0 aliphatic carbocycles. The zero-order chi connectivity index (χ0) is 21.1. The molecule has 7 nitrogen and oxygen atoms in total. The smallest absolute Gasteiger partial charge is 0.278 e. The number of anilines is 1. The quantitative estimate of drug-likeness (QED) is 0.644. The number of para-hydroxylation sites is 2. The molecule has 1 fully saturated rings. The van der Waals surface area contributed by atoms with E-state index in [2.05, 4.69) is 10.00 Å². The Kier molecular flexibility index (Phi) is 5.72. The van der Waals surface area contributed by atoms with E-state index in [0.717, 1.165) is 5.69 Å². The molecule has 0 saturated carbocycles. The number of carbonyl (C=O) groups is 1. The zero-order valence-electron chi connectivity index (χ0n) is 16.5. The lowest BCUT2D eigenvalue weighted by Crippen LogP contribution is -2.49. The molecular formula is C22H21ClN4O3. The first kappa shape index (κ1) is 20.0. The van der Waals surface area contributed by atoms with Crippen molar-refractivity contribution in [2.24, 2.45) is 0 Å². The summed E-state index contributed by atoms with van der Waals surface area (Å²) in [6, 6.07) is 18.0. The van der Waals surface area contributed by atoms with E-state index in [-0.39, 0.29) is 22.9 Å². The van der Waals surface area contributed by atoms with Gasteiger partial charge in [0.2, 0.25) is 0 Å². The highest BCUT2D eigenvalue weighted by Gasteiger charge is 2.27. The van der Waals surface area contributed by atoms with Gasteiger partial charge in [0.25, 0.3) is 11.5 Å². The van der Waals surface area contributed by atoms with Gasteiger partial charge in [-0.1, -0.05) is 41.9 Å². The van der Waals surface area contributed by atoms with Crippen LogP contribution in [0.3, 0.4) is 0 Å². The van der Waals surface area contributed by atoms with Gasteiger partial charge in [0.05, 0.1) is 29.6 Å². The van der Waals surface area contributed by atoms with Crippen LogP contribution in [-0.4, -0.2) is 53.9 Å². The topological polar surface area (TPSA) is 67.7 Å². The van der Waals surface area contributed by atoms with Crippen LogP contribution in [-0.2, 0) is 0 Å². The highest BCUT2D eigenvalue weighted by molar-refractivity contribution is 6.33. The molecule has 1 saturated heterocycles. The van der Waals surface area contributed by atoms with E-state index < -0.39 is 0 Å². The van der Waals surface area contributed by atoms with Crippen LogP contribution >= 0.6 is 11.6 Å². The molecule has 4 rings (SSSR count). The molecule has 30 heavy (non-hydrogen) atoms. The van der Waals surface area contributed by atoms with Crippen molar-refractivity contribution in [2.45, 2.75) is 0 Å². The molecule has 8 heteroatoms. The van der Waals surface area contributed by atoms with Crippen LogP contribution in [0.15, 0.2) is 65.5 Å². The average molecular weight is 425 g/mol. The fourth-order valence-corrected chi connectivity index (χ4v) is 3.76. The highest BCUT2D eigenvalue weighted by atomic mass is 35.5. The van der Waals surface area contributed by atoms with Crippen molar-refractivity contribution in [1.82, 2.24) is 14.7 Å². The summed E-state index contributed by atoms with van der Waals surface area (Å²) in [6.45, 7) is 2.32. The summed E-state index contributed by atoms with van der Waals surface area (Å²) < 4.78 is 6.50. The third-order valence-corrected chi connectivity index (χ3v) is 5.40. The Morgan fingerprint density at radius 3 is 2.33 bits per heavy atom. The van der Waals surface area contributed by atoms with Crippen molar-refractivity contribution in [3.8, 4) is 11.4 Å². The molecule has 1 aromatic heterocycles. The lowest BCUT2D eigenvalue weighted by molar-refractivity contribution is 0.0735. The molecule has 154 valence electrons. The van der Waals surface area contributed by atoms with E-state index in [4.69, 9.17) is 16.3 Å². The molecule has 0 bridgehead atoms. The molecule has 0 N–H and O–H groups in total. The van der Waals surface area contributed by atoms with E-state index >= 15 is 0 Å². The third-order valence-electron chi connectivity index (χ3n) is 5.08. The molecule has 0 spiro atoms. The molecule has 1 amide bonds. The van der Waals surface area contributed by atoms with Crippen LogP contribution < -0.4 is 15.2 Å². The van der Waals surface area contributed by atoms with Gasteiger partial charge >= 0.3 is 0 Å². The Hall–Kier alpha value is -3.32. The van der Waals surface area contributed by atoms with Crippen molar-refractivity contribution >= 4 is 23.2 Å². The van der Waals surface area contributed by atoms with Crippen LogP contribution in [0, 0.1) is 0 Å². The van der Waals surface area contributed by atoms with Crippen LogP contribution in [0.1, 0.15) is 10.5 Å². The molecule has 0 atom stereocenters. The van der Waals surface area contributed by atoms with E-state index in [1.54, 1.807) is 17.0 Å². The number of ether oxygens (including phenoxy) is 1. The number of hydrogen-bond donors (Lipinski definition) is 0. The first-order valence-corrected chi connectivity index (χ1v) is 9.99. The van der Waals surface area contributed by atoms with E-state index in [0.29, 0.717) is 36.9 Å². The fourth-order valence-electron chi connectivity index (χ4n) is 3.51. The second kappa shape index (κ2) is 8.59. The summed E-state index contributed by atoms with van der Waals surface area (Å²) in [5.74, 6) is -0.0962. The number of hydrogen-bond acceptors (Lipinski definition) is 5. The minimum Gasteiger partial charge on any atom is -0.494 e. The van der Waals surface area contributed by atoms with Crippen LogP contribution in [0.25, 0.3) is 5.69 Å². The number of nitrogens with zero attached hydrogens (tertiary/aromatic N) is 4. The lowest BCUT2D eigenvalue weighted by atomic mass is 10.2. The van der Waals surface area contributed by atoms with Crippen molar-refractivity contribution in [1.29, 1.82) is 0 Å². The minimum absolute atomic E-state index is 0.118. The maximum Gasteiger partial charge on any atom is 0.278 e. The average Bonchev–Trinajstić information content (AvgIpc) is 2.79. The fraction of sp³-hybridized carbons (Fsp3) is 0.227. The number of carbonyl (C=O) groups excluding carboxylic acids is 1. The van der Waals surface area contributed by atoms with Crippen molar-refractivity contribution in [2.75, 3.05) is 38.2 Å². The minimum atomic E-state index is -0.363. The molecule has 0 radical (unpaired) electrons. The standard InChI is InChI=1S/C22H21ClN4O3/c1-30-19-15-20(28)27(16-7-3-2-4-8-16)24-21(19)22(29)26-13-11-25(12-14-26)18-10-6-5-9-17(18)23/h2-10,15H,11-14H2,1H3. The molecule has 2 heterocycles. The van der Waals surface area contributed by atoms with E-state index in [1.807, 2.05) is 42.5 Å². The summed E-state index contributed by atoms with van der Waals surface area (Å²) >= 11 is 6.30. The predicted molar refractivity (Wildman–Crippen MR) is 116 cm³/mol. The van der Waals surface area contributed by atoms with Crippen molar-refractivity contribution < 1.29 is 9.53 Å². The van der Waals surface area contributed by atoms with Crippen LogP contribution in [0.2, 0.25) is 5.02 Å². The third kappa shape index (κ3) is 3.89. The molecular weight excluding hydrogens is 404 g/mol. The second-order valence-corrected chi connectivity index (χ2v) is 7.28. The maximum atomic E-state index is 13.2. The normalized spacial score (nSPS) is 13.9. The number of methoxy groups -OCH3 is 1. The molecule has 1 aliphatic heterocycles. The number of benzene rings is 2. The Bertz CT molecular complexity index is 1110. The summed E-state index contributed by atoms with van der Waals surface area (Å²) in [7, 11) is 1.43. The first-order chi connectivity index (χ1) is 14.6. The lowest BCUT2D eigenvalue weighted by Gasteiger charge is -2.36. The van der Waals surface area contributed by atoms with Gasteiger partial charge in [0.1, 0.15) is 0 Å². The molecule has 0 unspecified atom stereocenters. The van der Waals surface area contributed by atoms with Gasteiger partial charge in [-0.3, -0.25) is 9.59 Å². The van der Waals surface area contributed by atoms with Crippen LogP contribution in [0.5, 0.6) is 5.75 Å². The zero-order valence-corrected chi connectivity index (χ0v) is 17.2. The maximum absolute atomic E-state index is 13.2. The number of rotatable bonds is 4. The van der Waals surface area contributed by atoms with E-state index in [1.165, 1.54) is 17.9 Å². The summed E-state index contributed by atoms with van der Waals surface area (Å²) in [6.07, 6.45) is 0. The molecule has 1 aliphatic rings. The Morgan fingerprint density at radius 1 is 1.00 bits per heavy atom.